The molecule has 166 valence electrons. The number of hydrogen-bond acceptors (Lipinski definition) is 4. The van der Waals surface area contributed by atoms with Crippen molar-refractivity contribution in [1.82, 2.24) is 0 Å². The van der Waals surface area contributed by atoms with Gasteiger partial charge in [-0.25, -0.2) is 0 Å². The van der Waals surface area contributed by atoms with Crippen LogP contribution in [0.4, 0.5) is 0 Å². The fourth-order valence-electron chi connectivity index (χ4n) is 5.36. The maximum Gasteiger partial charge on any atom is 0.185 e. The fourth-order valence-corrected chi connectivity index (χ4v) is 8.44. The third kappa shape index (κ3) is 2.44. The van der Waals surface area contributed by atoms with Crippen molar-refractivity contribution < 1.29 is 18.5 Å². The molecule has 5 heteroatoms. The summed E-state index contributed by atoms with van der Waals surface area (Å²) in [6.07, 6.45) is 0. The van der Waals surface area contributed by atoms with Crippen LogP contribution in [0.1, 0.15) is 0 Å². The normalized spacial score (nSPS) is 17.3. The van der Waals surface area contributed by atoms with Crippen LogP contribution in [0.15, 0.2) is 108 Å². The van der Waals surface area contributed by atoms with Crippen molar-refractivity contribution in [3.8, 4) is 34.1 Å². The van der Waals surface area contributed by atoms with Crippen molar-refractivity contribution in [2.24, 2.45) is 0 Å². The maximum atomic E-state index is 15.1. The van der Waals surface area contributed by atoms with Crippen LogP contribution in [-0.4, -0.2) is 0 Å². The van der Waals surface area contributed by atoms with Crippen molar-refractivity contribution in [3.63, 3.8) is 0 Å². The molecular formula is C30H17O4P. The van der Waals surface area contributed by atoms with E-state index in [1.807, 2.05) is 84.9 Å². The van der Waals surface area contributed by atoms with Gasteiger partial charge in [0.1, 0.15) is 39.5 Å². The highest BCUT2D eigenvalue weighted by atomic mass is 31.2. The molecule has 1 aromatic heterocycles. The quantitative estimate of drug-likeness (QED) is 0.239. The van der Waals surface area contributed by atoms with E-state index in [-0.39, 0.29) is 0 Å². The fraction of sp³-hybridized carbons (Fsp3) is 0. The number of ether oxygens (including phenoxy) is 2. The molecule has 0 saturated heterocycles. The van der Waals surface area contributed by atoms with E-state index in [1.54, 1.807) is 0 Å². The first-order valence-electron chi connectivity index (χ1n) is 11.5. The first-order valence-corrected chi connectivity index (χ1v) is 13.2. The maximum absolute atomic E-state index is 15.1. The lowest BCUT2D eigenvalue weighted by Crippen LogP contribution is -2.35. The molecule has 0 saturated carbocycles. The van der Waals surface area contributed by atoms with E-state index in [1.165, 1.54) is 0 Å². The van der Waals surface area contributed by atoms with Gasteiger partial charge in [0.15, 0.2) is 7.14 Å². The predicted molar refractivity (Wildman–Crippen MR) is 139 cm³/mol. The van der Waals surface area contributed by atoms with E-state index in [0.29, 0.717) is 38.9 Å². The molecule has 6 aromatic rings. The molecule has 0 radical (unpaired) electrons. The number of fused-ring (bicyclic) bond motifs is 7. The van der Waals surface area contributed by atoms with Crippen molar-refractivity contribution in [3.05, 3.63) is 103 Å². The minimum Gasteiger partial charge on any atom is -0.456 e. The molecule has 0 fully saturated rings. The summed E-state index contributed by atoms with van der Waals surface area (Å²) >= 11 is 0. The highest BCUT2D eigenvalue weighted by Crippen LogP contribution is 2.59. The Morgan fingerprint density at radius 1 is 0.571 bits per heavy atom. The Balaban J connectivity index is 1.42. The number of furan rings is 1. The lowest BCUT2D eigenvalue weighted by atomic mass is 10.0. The third-order valence-electron chi connectivity index (χ3n) is 6.94. The molecule has 2 aliphatic heterocycles. The summed E-state index contributed by atoms with van der Waals surface area (Å²) < 4.78 is 33.9. The standard InChI is InChI=1S/C30H17O4P/c31-35-27-11-5-3-9-23(27)33-25-16-15-19(29(30(25)35)34-24-10-4-6-12-28(24)35)18-13-14-21-20-7-1-2-8-22(20)32-26(21)17-18/h1-17H. The molecule has 0 spiro atoms. The average Bonchev–Trinajstić information content (AvgIpc) is 3.27. The molecule has 5 aromatic carbocycles. The molecular weight excluding hydrogens is 455 g/mol. The van der Waals surface area contributed by atoms with Crippen LogP contribution >= 0.6 is 7.14 Å². The van der Waals surface area contributed by atoms with Gasteiger partial charge >= 0.3 is 0 Å². The molecule has 35 heavy (non-hydrogen) atoms. The van der Waals surface area contributed by atoms with Crippen molar-refractivity contribution >= 4 is 45.0 Å². The summed E-state index contributed by atoms with van der Waals surface area (Å²) in [5.41, 5.74) is 3.43. The first kappa shape index (κ1) is 19.1. The van der Waals surface area contributed by atoms with Crippen LogP contribution in [0.25, 0.3) is 33.1 Å². The average molecular weight is 472 g/mol. The van der Waals surface area contributed by atoms with Crippen molar-refractivity contribution in [2.45, 2.75) is 0 Å². The van der Waals surface area contributed by atoms with Gasteiger partial charge in [0.05, 0.1) is 10.6 Å². The van der Waals surface area contributed by atoms with Crippen LogP contribution in [0, 0.1) is 0 Å². The van der Waals surface area contributed by atoms with E-state index >= 15 is 4.57 Å². The molecule has 3 heterocycles. The Kier molecular flexibility index (Phi) is 3.63. The third-order valence-corrected chi connectivity index (χ3v) is 10.1. The van der Waals surface area contributed by atoms with Gasteiger partial charge in [0.2, 0.25) is 0 Å². The molecule has 0 bridgehead atoms. The van der Waals surface area contributed by atoms with Crippen molar-refractivity contribution in [1.29, 1.82) is 0 Å². The zero-order valence-corrected chi connectivity index (χ0v) is 19.3. The second-order valence-electron chi connectivity index (χ2n) is 8.85. The second kappa shape index (κ2) is 6.65. The molecule has 0 aliphatic carbocycles. The summed E-state index contributed by atoms with van der Waals surface area (Å²) in [4.78, 5) is 0. The van der Waals surface area contributed by atoms with Gasteiger partial charge in [-0.15, -0.1) is 0 Å². The molecule has 8 rings (SSSR count). The van der Waals surface area contributed by atoms with Gasteiger partial charge in [0.25, 0.3) is 0 Å². The summed E-state index contributed by atoms with van der Waals surface area (Å²) in [5, 5.41) is 4.17. The van der Waals surface area contributed by atoms with E-state index in [9.17, 15) is 0 Å². The van der Waals surface area contributed by atoms with Crippen LogP contribution in [0.5, 0.6) is 23.0 Å². The minimum atomic E-state index is -3.21. The van der Waals surface area contributed by atoms with Crippen LogP contribution in [0.3, 0.4) is 0 Å². The largest absolute Gasteiger partial charge is 0.456 e. The molecule has 1 unspecified atom stereocenters. The van der Waals surface area contributed by atoms with Gasteiger partial charge in [-0.3, -0.25) is 0 Å². The predicted octanol–water partition coefficient (Wildman–Crippen LogP) is 7.10. The summed E-state index contributed by atoms with van der Waals surface area (Å²) in [5.74, 6) is 2.39. The van der Waals surface area contributed by atoms with Gasteiger partial charge < -0.3 is 18.5 Å². The van der Waals surface area contributed by atoms with E-state index in [2.05, 4.69) is 18.2 Å². The lowest BCUT2D eigenvalue weighted by molar-refractivity contribution is 0.463. The Morgan fingerprint density at radius 3 is 2.09 bits per heavy atom. The highest BCUT2D eigenvalue weighted by molar-refractivity contribution is 7.86. The second-order valence-corrected chi connectivity index (χ2v) is 11.5. The Labute approximate surface area is 200 Å². The number of benzene rings is 5. The van der Waals surface area contributed by atoms with Gasteiger partial charge in [-0.1, -0.05) is 48.5 Å². The number of rotatable bonds is 1. The van der Waals surface area contributed by atoms with E-state index < -0.39 is 7.14 Å². The minimum absolute atomic E-state index is 0.574. The van der Waals surface area contributed by atoms with Crippen LogP contribution < -0.4 is 25.4 Å². The number of para-hydroxylation sites is 3. The molecule has 0 N–H and O–H groups in total. The Morgan fingerprint density at radius 2 is 1.26 bits per heavy atom. The molecule has 1 atom stereocenters. The topological polar surface area (TPSA) is 48.7 Å². The SMILES string of the molecule is O=P12c3ccccc3Oc3ccc(-c4ccc5c(c4)oc4ccccc45)c(c31)Oc1ccccc12. The summed E-state index contributed by atoms with van der Waals surface area (Å²) in [6.45, 7) is 0. The Bertz CT molecular complexity index is 1880. The van der Waals surface area contributed by atoms with Crippen LogP contribution in [0.2, 0.25) is 0 Å². The summed E-state index contributed by atoms with van der Waals surface area (Å²) in [7, 11) is -3.21. The number of hydrogen-bond donors (Lipinski definition) is 0. The smallest absolute Gasteiger partial charge is 0.185 e. The Hall–Kier alpha value is -4.27. The summed E-state index contributed by atoms with van der Waals surface area (Å²) in [6, 6.07) is 33.3. The van der Waals surface area contributed by atoms with E-state index in [0.717, 1.165) is 33.1 Å². The first-order chi connectivity index (χ1) is 17.2. The highest BCUT2D eigenvalue weighted by Gasteiger charge is 2.46. The van der Waals surface area contributed by atoms with Crippen molar-refractivity contribution in [2.75, 3.05) is 0 Å². The van der Waals surface area contributed by atoms with Gasteiger partial charge in [0, 0.05) is 16.3 Å². The van der Waals surface area contributed by atoms with Gasteiger partial charge in [-0.05, 0) is 60.2 Å². The molecule has 4 nitrogen and oxygen atoms in total. The lowest BCUT2D eigenvalue weighted by Gasteiger charge is -2.35. The van der Waals surface area contributed by atoms with Crippen LogP contribution in [-0.2, 0) is 4.57 Å². The molecule has 2 aliphatic rings. The monoisotopic (exact) mass is 472 g/mol. The van der Waals surface area contributed by atoms with Gasteiger partial charge in [-0.2, -0.15) is 0 Å². The zero-order valence-electron chi connectivity index (χ0n) is 18.4. The van der Waals surface area contributed by atoms with E-state index in [4.69, 9.17) is 13.9 Å². The zero-order chi connectivity index (χ0) is 23.1. The molecule has 0 amide bonds.